The summed E-state index contributed by atoms with van der Waals surface area (Å²) in [6.07, 6.45) is 41.8. The average Bonchev–Trinajstić information content (AvgIpc) is 2.95. The minimum Gasteiger partial charge on any atom is -0.462 e. The van der Waals surface area contributed by atoms with Crippen molar-refractivity contribution in [3.63, 3.8) is 0 Å². The first-order chi connectivity index (χ1) is 19.6. The van der Waals surface area contributed by atoms with Crippen LogP contribution in [-0.2, 0) is 9.53 Å². The van der Waals surface area contributed by atoms with E-state index in [4.69, 9.17) is 4.74 Å². The molecule has 0 aliphatic rings. The minimum atomic E-state index is -0.218. The topological polar surface area (TPSA) is 26.3 Å². The number of carbonyl (C=O) groups excluding carboxylic acids is 1. The number of unbranched alkanes of at least 4 members (excludes halogenated alkanes) is 26. The molecule has 0 aliphatic heterocycles. The third kappa shape index (κ3) is 30.2. The zero-order chi connectivity index (χ0) is 29.4. The number of hydrogen-bond donors (Lipinski definition) is 0. The number of hydrogen-bond acceptors (Lipinski definition) is 2. The van der Waals surface area contributed by atoms with Crippen LogP contribution in [0.2, 0.25) is 0 Å². The van der Waals surface area contributed by atoms with Gasteiger partial charge in [-0.05, 0) is 25.7 Å². The Labute approximate surface area is 253 Å². The molecule has 0 radical (unpaired) electrons. The predicted molar refractivity (Wildman–Crippen MR) is 179 cm³/mol. The van der Waals surface area contributed by atoms with Gasteiger partial charge in [0.2, 0.25) is 0 Å². The van der Waals surface area contributed by atoms with Crippen LogP contribution in [0.4, 0.5) is 0 Å². The van der Waals surface area contributed by atoms with Crippen molar-refractivity contribution in [3.05, 3.63) is 12.2 Å². The van der Waals surface area contributed by atoms with Gasteiger partial charge in [-0.3, -0.25) is 0 Å². The Morgan fingerprint density at radius 1 is 0.475 bits per heavy atom. The molecule has 2 heteroatoms. The maximum atomic E-state index is 11.9. The van der Waals surface area contributed by atoms with Crippen molar-refractivity contribution in [3.8, 4) is 0 Å². The fourth-order valence-corrected chi connectivity index (χ4v) is 5.88. The highest BCUT2D eigenvalue weighted by atomic mass is 16.5. The summed E-state index contributed by atoms with van der Waals surface area (Å²) < 4.78 is 5.54. The summed E-state index contributed by atoms with van der Waals surface area (Å²) in [6, 6.07) is 0. The fourth-order valence-electron chi connectivity index (χ4n) is 5.88. The van der Waals surface area contributed by atoms with E-state index >= 15 is 0 Å². The zero-order valence-electron chi connectivity index (χ0n) is 28.0. The second kappa shape index (κ2) is 32.7. The van der Waals surface area contributed by atoms with Gasteiger partial charge in [-0.25, -0.2) is 4.79 Å². The maximum Gasteiger partial charge on any atom is 0.333 e. The van der Waals surface area contributed by atoms with Gasteiger partial charge in [0, 0.05) is 5.57 Å². The molecule has 2 nitrogen and oxygen atoms in total. The standard InChI is InChI=1S/C38H74O2/c1-5-7-9-11-13-15-16-17-18-19-20-21-22-23-24-25-26-28-30-32-34-37(35-40-38(39)36(3)4)33-31-29-27-14-12-10-8-6-2/h37H,3,5-35H2,1-2,4H3. The molecule has 0 fully saturated rings. The van der Waals surface area contributed by atoms with Crippen LogP contribution in [-0.4, -0.2) is 12.6 Å². The van der Waals surface area contributed by atoms with Gasteiger partial charge in [-0.1, -0.05) is 200 Å². The van der Waals surface area contributed by atoms with Gasteiger partial charge in [0.25, 0.3) is 0 Å². The molecule has 0 heterocycles. The molecular weight excluding hydrogens is 488 g/mol. The van der Waals surface area contributed by atoms with Gasteiger partial charge < -0.3 is 4.74 Å². The van der Waals surface area contributed by atoms with Crippen molar-refractivity contribution in [2.24, 2.45) is 5.92 Å². The third-order valence-corrected chi connectivity index (χ3v) is 8.73. The molecule has 0 rings (SSSR count). The first-order valence-electron chi connectivity index (χ1n) is 18.4. The summed E-state index contributed by atoms with van der Waals surface area (Å²) in [5, 5.41) is 0. The van der Waals surface area contributed by atoms with E-state index in [1.54, 1.807) is 6.92 Å². The van der Waals surface area contributed by atoms with Crippen LogP contribution in [0, 0.1) is 5.92 Å². The Hall–Kier alpha value is -0.790. The molecule has 0 saturated heterocycles. The highest BCUT2D eigenvalue weighted by molar-refractivity contribution is 5.86. The number of rotatable bonds is 33. The minimum absolute atomic E-state index is 0.218. The smallest absolute Gasteiger partial charge is 0.333 e. The molecule has 0 spiro atoms. The second-order valence-electron chi connectivity index (χ2n) is 13.0. The Kier molecular flexibility index (Phi) is 32.1. The first kappa shape index (κ1) is 39.2. The van der Waals surface area contributed by atoms with Gasteiger partial charge in [0.1, 0.15) is 0 Å². The summed E-state index contributed by atoms with van der Waals surface area (Å²) >= 11 is 0. The Morgan fingerprint density at radius 2 is 0.725 bits per heavy atom. The van der Waals surface area contributed by atoms with E-state index in [1.807, 2.05) is 0 Å². The van der Waals surface area contributed by atoms with E-state index in [1.165, 1.54) is 193 Å². The van der Waals surface area contributed by atoms with E-state index in [2.05, 4.69) is 20.4 Å². The third-order valence-electron chi connectivity index (χ3n) is 8.73. The quantitative estimate of drug-likeness (QED) is 0.0451. The van der Waals surface area contributed by atoms with Crippen LogP contribution < -0.4 is 0 Å². The molecule has 1 atom stereocenters. The van der Waals surface area contributed by atoms with Crippen LogP contribution in [0.5, 0.6) is 0 Å². The molecule has 0 amide bonds. The Balaban J connectivity index is 3.63. The fraction of sp³-hybridized carbons (Fsp3) is 0.921. The van der Waals surface area contributed by atoms with Gasteiger partial charge in [-0.15, -0.1) is 0 Å². The lowest BCUT2D eigenvalue weighted by Gasteiger charge is -2.17. The van der Waals surface area contributed by atoms with E-state index in [0.29, 0.717) is 18.1 Å². The van der Waals surface area contributed by atoms with Crippen LogP contribution in [0.25, 0.3) is 0 Å². The summed E-state index contributed by atoms with van der Waals surface area (Å²) in [4.78, 5) is 11.9. The van der Waals surface area contributed by atoms with E-state index in [-0.39, 0.29) is 5.97 Å². The molecule has 0 aliphatic carbocycles. The molecule has 0 N–H and O–H groups in total. The molecule has 238 valence electrons. The van der Waals surface area contributed by atoms with Crippen molar-refractivity contribution in [1.29, 1.82) is 0 Å². The summed E-state index contributed by atoms with van der Waals surface area (Å²) in [5.41, 5.74) is 0.518. The molecule has 0 aromatic carbocycles. The molecule has 1 unspecified atom stereocenters. The molecule has 0 aromatic rings. The van der Waals surface area contributed by atoms with E-state index < -0.39 is 0 Å². The SMILES string of the molecule is C=C(C)C(=O)OCC(CCCCCCCCCC)CCCCCCCCCCCCCCCCCCCCCC. The van der Waals surface area contributed by atoms with Gasteiger partial charge in [0.05, 0.1) is 6.61 Å². The largest absolute Gasteiger partial charge is 0.462 e. The Morgan fingerprint density at radius 3 is 0.975 bits per heavy atom. The van der Waals surface area contributed by atoms with Crippen molar-refractivity contribution in [2.75, 3.05) is 6.61 Å². The van der Waals surface area contributed by atoms with E-state index in [0.717, 1.165) is 0 Å². The molecule has 0 bridgehead atoms. The molecular formula is C38H74O2. The lowest BCUT2D eigenvalue weighted by atomic mass is 9.94. The van der Waals surface area contributed by atoms with E-state index in [9.17, 15) is 4.79 Å². The predicted octanol–water partition coefficient (Wildman–Crippen LogP) is 13.5. The maximum absolute atomic E-state index is 11.9. The van der Waals surface area contributed by atoms with Crippen molar-refractivity contribution >= 4 is 5.97 Å². The second-order valence-corrected chi connectivity index (χ2v) is 13.0. The van der Waals surface area contributed by atoms with Crippen molar-refractivity contribution < 1.29 is 9.53 Å². The molecule has 40 heavy (non-hydrogen) atoms. The molecule has 0 saturated carbocycles. The highest BCUT2D eigenvalue weighted by Gasteiger charge is 2.12. The monoisotopic (exact) mass is 563 g/mol. The number of carbonyl (C=O) groups is 1. The van der Waals surface area contributed by atoms with Gasteiger partial charge in [0.15, 0.2) is 0 Å². The molecule has 0 aromatic heterocycles. The number of esters is 1. The van der Waals surface area contributed by atoms with Crippen LogP contribution in [0.3, 0.4) is 0 Å². The van der Waals surface area contributed by atoms with Crippen LogP contribution in [0.15, 0.2) is 12.2 Å². The van der Waals surface area contributed by atoms with Crippen molar-refractivity contribution in [2.45, 2.75) is 213 Å². The summed E-state index contributed by atoms with van der Waals surface area (Å²) in [7, 11) is 0. The van der Waals surface area contributed by atoms with Crippen LogP contribution in [0.1, 0.15) is 213 Å². The zero-order valence-corrected chi connectivity index (χ0v) is 28.0. The summed E-state index contributed by atoms with van der Waals surface area (Å²) in [5.74, 6) is 0.309. The van der Waals surface area contributed by atoms with Gasteiger partial charge in [-0.2, -0.15) is 0 Å². The normalized spacial score (nSPS) is 12.1. The van der Waals surface area contributed by atoms with Crippen molar-refractivity contribution in [1.82, 2.24) is 0 Å². The summed E-state index contributed by atoms with van der Waals surface area (Å²) in [6.45, 7) is 10.6. The average molecular weight is 563 g/mol. The van der Waals surface area contributed by atoms with Crippen LogP contribution >= 0.6 is 0 Å². The number of ether oxygens (including phenoxy) is 1. The lowest BCUT2D eigenvalue weighted by Crippen LogP contribution is -2.15. The first-order valence-corrected chi connectivity index (χ1v) is 18.4. The van der Waals surface area contributed by atoms with Gasteiger partial charge >= 0.3 is 5.97 Å². The Bertz CT molecular complexity index is 526. The highest BCUT2D eigenvalue weighted by Crippen LogP contribution is 2.21. The lowest BCUT2D eigenvalue weighted by molar-refractivity contribution is -0.140.